The molecular weight excluding hydrogens is 367 g/mol. The lowest BCUT2D eigenvalue weighted by atomic mass is 10.1. The molecule has 142 valence electrons. The highest BCUT2D eigenvalue weighted by molar-refractivity contribution is 6.30. The van der Waals surface area contributed by atoms with Gasteiger partial charge < -0.3 is 10.2 Å². The van der Waals surface area contributed by atoms with Crippen molar-refractivity contribution in [3.8, 4) is 0 Å². The molecule has 6 heteroatoms. The van der Waals surface area contributed by atoms with Crippen molar-refractivity contribution in [2.75, 3.05) is 6.54 Å². The third kappa shape index (κ3) is 6.22. The van der Waals surface area contributed by atoms with E-state index in [-0.39, 0.29) is 30.6 Å². The molecule has 0 bridgehead atoms. The maximum atomic E-state index is 13.2. The molecule has 0 fully saturated rings. The molecule has 2 rings (SSSR count). The van der Waals surface area contributed by atoms with Gasteiger partial charge in [0, 0.05) is 18.1 Å². The fourth-order valence-corrected chi connectivity index (χ4v) is 2.69. The molecule has 2 aromatic rings. The second kappa shape index (κ2) is 9.88. The summed E-state index contributed by atoms with van der Waals surface area (Å²) in [6.07, 6.45) is 1.71. The van der Waals surface area contributed by atoms with Crippen molar-refractivity contribution in [1.29, 1.82) is 0 Å². The molecule has 27 heavy (non-hydrogen) atoms. The summed E-state index contributed by atoms with van der Waals surface area (Å²) in [4.78, 5) is 26.8. The van der Waals surface area contributed by atoms with Crippen molar-refractivity contribution in [2.45, 2.75) is 25.9 Å². The Morgan fingerprint density at radius 3 is 2.33 bits per heavy atom. The quantitative estimate of drug-likeness (QED) is 0.700. The first kappa shape index (κ1) is 20.6. The topological polar surface area (TPSA) is 49.4 Å². The molecule has 0 aliphatic heterocycles. The van der Waals surface area contributed by atoms with E-state index in [0.717, 1.165) is 11.1 Å². The molecule has 0 aliphatic carbocycles. The van der Waals surface area contributed by atoms with Crippen LogP contribution in [0.3, 0.4) is 0 Å². The Morgan fingerprint density at radius 1 is 1.15 bits per heavy atom. The summed E-state index contributed by atoms with van der Waals surface area (Å²) in [6.45, 7) is 5.76. The molecule has 1 atom stereocenters. The van der Waals surface area contributed by atoms with E-state index in [9.17, 15) is 14.0 Å². The molecule has 0 saturated carbocycles. The van der Waals surface area contributed by atoms with Gasteiger partial charge in [0.2, 0.25) is 11.8 Å². The average molecular weight is 389 g/mol. The number of benzene rings is 2. The Bertz CT molecular complexity index is 791. The van der Waals surface area contributed by atoms with Crippen LogP contribution in [0.1, 0.15) is 18.1 Å². The largest absolute Gasteiger partial charge is 0.351 e. The van der Waals surface area contributed by atoms with Crippen molar-refractivity contribution in [1.82, 2.24) is 10.2 Å². The van der Waals surface area contributed by atoms with Gasteiger partial charge in [0.15, 0.2) is 0 Å². The van der Waals surface area contributed by atoms with Gasteiger partial charge in [-0.1, -0.05) is 41.9 Å². The Balaban J connectivity index is 2.19. The first-order valence-electron chi connectivity index (χ1n) is 8.57. The maximum absolute atomic E-state index is 13.2. The van der Waals surface area contributed by atoms with Gasteiger partial charge in [-0.25, -0.2) is 4.39 Å². The van der Waals surface area contributed by atoms with Crippen LogP contribution in [0.5, 0.6) is 0 Å². The van der Waals surface area contributed by atoms with Gasteiger partial charge in [-0.15, -0.1) is 6.58 Å². The molecule has 4 nitrogen and oxygen atoms in total. The van der Waals surface area contributed by atoms with Crippen molar-refractivity contribution < 1.29 is 14.0 Å². The van der Waals surface area contributed by atoms with Gasteiger partial charge in [0.1, 0.15) is 11.9 Å². The minimum atomic E-state index is -0.685. The highest BCUT2D eigenvalue weighted by Gasteiger charge is 2.25. The minimum absolute atomic E-state index is 0.136. The fourth-order valence-electron chi connectivity index (χ4n) is 2.57. The fraction of sp³-hybridized carbons (Fsp3) is 0.238. The van der Waals surface area contributed by atoms with Crippen LogP contribution in [-0.2, 0) is 22.6 Å². The molecule has 0 radical (unpaired) electrons. The van der Waals surface area contributed by atoms with E-state index in [0.29, 0.717) is 11.6 Å². The van der Waals surface area contributed by atoms with Crippen molar-refractivity contribution in [3.05, 3.63) is 83.2 Å². The summed E-state index contributed by atoms with van der Waals surface area (Å²) in [5.41, 5.74) is 1.54. The number of nitrogens with one attached hydrogen (secondary N) is 1. The number of carbonyl (C=O) groups is 2. The Hall–Kier alpha value is -2.66. The summed E-state index contributed by atoms with van der Waals surface area (Å²) in [5.74, 6) is -0.834. The first-order valence-corrected chi connectivity index (χ1v) is 8.95. The summed E-state index contributed by atoms with van der Waals surface area (Å²) >= 11 is 5.88. The molecule has 0 heterocycles. The number of hydrogen-bond acceptors (Lipinski definition) is 2. The lowest BCUT2D eigenvalue weighted by Gasteiger charge is -2.29. The smallest absolute Gasteiger partial charge is 0.242 e. The van der Waals surface area contributed by atoms with Gasteiger partial charge in [0.25, 0.3) is 0 Å². The number of carbonyl (C=O) groups excluding carboxylic acids is 2. The Morgan fingerprint density at radius 2 is 1.74 bits per heavy atom. The van der Waals surface area contributed by atoms with Crippen LogP contribution in [0, 0.1) is 5.82 Å². The van der Waals surface area contributed by atoms with E-state index < -0.39 is 6.04 Å². The number of amides is 2. The lowest BCUT2D eigenvalue weighted by molar-refractivity contribution is -0.140. The van der Waals surface area contributed by atoms with Gasteiger partial charge in [0.05, 0.1) is 6.42 Å². The van der Waals surface area contributed by atoms with Gasteiger partial charge in [-0.3, -0.25) is 9.59 Å². The normalized spacial score (nSPS) is 11.5. The summed E-state index contributed by atoms with van der Waals surface area (Å²) in [7, 11) is 0. The molecule has 2 amide bonds. The lowest BCUT2D eigenvalue weighted by Crippen LogP contribution is -2.48. The van der Waals surface area contributed by atoms with Crippen molar-refractivity contribution >= 4 is 23.4 Å². The number of rotatable bonds is 8. The van der Waals surface area contributed by atoms with Crippen LogP contribution in [0.2, 0.25) is 5.02 Å². The molecule has 0 aromatic heterocycles. The molecule has 0 saturated heterocycles. The van der Waals surface area contributed by atoms with E-state index in [1.807, 2.05) is 0 Å². The predicted octanol–water partition coefficient (Wildman–Crippen LogP) is 3.74. The van der Waals surface area contributed by atoms with Crippen LogP contribution in [0.4, 0.5) is 4.39 Å². The molecular formula is C21H22ClFN2O2. The van der Waals surface area contributed by atoms with Crippen molar-refractivity contribution in [3.63, 3.8) is 0 Å². The molecule has 2 aromatic carbocycles. The highest BCUT2D eigenvalue weighted by atomic mass is 35.5. The van der Waals surface area contributed by atoms with E-state index in [1.165, 1.54) is 17.0 Å². The first-order chi connectivity index (χ1) is 12.9. The third-order valence-electron chi connectivity index (χ3n) is 4.12. The number of halogens is 2. The number of hydrogen-bond donors (Lipinski definition) is 1. The number of nitrogens with zero attached hydrogens (tertiary/aromatic N) is 1. The molecule has 0 unspecified atom stereocenters. The Kier molecular flexibility index (Phi) is 7.55. The van der Waals surface area contributed by atoms with Crippen LogP contribution in [0.15, 0.2) is 61.2 Å². The van der Waals surface area contributed by atoms with Gasteiger partial charge in [-0.05, 0) is 42.3 Å². The van der Waals surface area contributed by atoms with Crippen LogP contribution >= 0.6 is 11.6 Å². The van der Waals surface area contributed by atoms with Crippen LogP contribution < -0.4 is 5.32 Å². The maximum Gasteiger partial charge on any atom is 0.242 e. The molecule has 0 spiro atoms. The van der Waals surface area contributed by atoms with E-state index in [4.69, 9.17) is 11.6 Å². The monoisotopic (exact) mass is 388 g/mol. The summed E-state index contributed by atoms with van der Waals surface area (Å²) in [5, 5.41) is 3.29. The average Bonchev–Trinajstić information content (AvgIpc) is 2.66. The van der Waals surface area contributed by atoms with E-state index in [1.54, 1.807) is 49.4 Å². The predicted molar refractivity (Wildman–Crippen MR) is 105 cm³/mol. The molecule has 1 N–H and O–H groups in total. The highest BCUT2D eigenvalue weighted by Crippen LogP contribution is 2.15. The Labute approximate surface area is 163 Å². The summed E-state index contributed by atoms with van der Waals surface area (Å²) < 4.78 is 13.2. The van der Waals surface area contributed by atoms with Gasteiger partial charge in [-0.2, -0.15) is 0 Å². The van der Waals surface area contributed by atoms with E-state index >= 15 is 0 Å². The standard InChI is InChI=1S/C21H22ClFN2O2/c1-3-12-24-21(27)15(2)25(14-17-6-10-19(23)11-7-17)20(26)13-16-4-8-18(22)9-5-16/h3-11,15H,1,12-14H2,2H3,(H,24,27)/t15-/m1/s1. The second-order valence-electron chi connectivity index (χ2n) is 6.16. The van der Waals surface area contributed by atoms with Crippen LogP contribution in [0.25, 0.3) is 0 Å². The zero-order chi connectivity index (χ0) is 19.8. The van der Waals surface area contributed by atoms with E-state index in [2.05, 4.69) is 11.9 Å². The van der Waals surface area contributed by atoms with Crippen LogP contribution in [-0.4, -0.2) is 29.3 Å². The second-order valence-corrected chi connectivity index (χ2v) is 6.60. The zero-order valence-corrected chi connectivity index (χ0v) is 15.9. The molecule has 0 aliphatic rings. The summed E-state index contributed by atoms with van der Waals surface area (Å²) in [6, 6.07) is 12.2. The third-order valence-corrected chi connectivity index (χ3v) is 4.37. The van der Waals surface area contributed by atoms with Crippen molar-refractivity contribution in [2.24, 2.45) is 0 Å². The zero-order valence-electron chi connectivity index (χ0n) is 15.1. The van der Waals surface area contributed by atoms with Gasteiger partial charge >= 0.3 is 0 Å². The SMILES string of the molecule is C=CCNC(=O)[C@@H](C)N(Cc1ccc(F)cc1)C(=O)Cc1ccc(Cl)cc1. The minimum Gasteiger partial charge on any atom is -0.351 e.